The summed E-state index contributed by atoms with van der Waals surface area (Å²) < 4.78 is 0. The van der Waals surface area contributed by atoms with Gasteiger partial charge in [-0.2, -0.15) is 0 Å². The standard InChI is InChI=1S/C9H23N3/c1-6(4-9(12)5-10)7(2)8(3)11/h6-9H,4-5,10-12H2,1-3H3. The van der Waals surface area contributed by atoms with Gasteiger partial charge in [0.1, 0.15) is 0 Å². The molecule has 4 unspecified atom stereocenters. The van der Waals surface area contributed by atoms with E-state index in [4.69, 9.17) is 17.2 Å². The van der Waals surface area contributed by atoms with Crippen LogP contribution in [0.3, 0.4) is 0 Å². The van der Waals surface area contributed by atoms with Crippen LogP contribution >= 0.6 is 0 Å². The molecule has 0 aromatic carbocycles. The van der Waals surface area contributed by atoms with Crippen molar-refractivity contribution in [2.24, 2.45) is 29.0 Å². The summed E-state index contributed by atoms with van der Waals surface area (Å²) in [4.78, 5) is 0. The van der Waals surface area contributed by atoms with Crippen LogP contribution in [0.15, 0.2) is 0 Å². The molecule has 3 heteroatoms. The van der Waals surface area contributed by atoms with Crippen LogP contribution in [-0.2, 0) is 0 Å². The van der Waals surface area contributed by atoms with E-state index in [2.05, 4.69) is 13.8 Å². The van der Waals surface area contributed by atoms with E-state index in [1.54, 1.807) is 0 Å². The summed E-state index contributed by atoms with van der Waals surface area (Å²) in [6.45, 7) is 6.95. The van der Waals surface area contributed by atoms with Gasteiger partial charge in [0, 0.05) is 18.6 Å². The molecule has 0 spiro atoms. The molecular formula is C9H23N3. The van der Waals surface area contributed by atoms with Gasteiger partial charge in [-0.25, -0.2) is 0 Å². The summed E-state index contributed by atoms with van der Waals surface area (Å²) >= 11 is 0. The van der Waals surface area contributed by atoms with Gasteiger partial charge in [0.25, 0.3) is 0 Å². The molecule has 0 aliphatic heterocycles. The molecular weight excluding hydrogens is 150 g/mol. The highest BCUT2D eigenvalue weighted by Crippen LogP contribution is 2.18. The Bertz CT molecular complexity index is 114. The van der Waals surface area contributed by atoms with Crippen molar-refractivity contribution in [3.05, 3.63) is 0 Å². The Balaban J connectivity index is 3.78. The molecule has 74 valence electrons. The second-order valence-corrected chi connectivity index (χ2v) is 3.93. The van der Waals surface area contributed by atoms with Gasteiger partial charge >= 0.3 is 0 Å². The summed E-state index contributed by atoms with van der Waals surface area (Å²) in [5, 5.41) is 0. The quantitative estimate of drug-likeness (QED) is 0.559. The number of hydrogen-bond donors (Lipinski definition) is 3. The highest BCUT2D eigenvalue weighted by Gasteiger charge is 2.17. The topological polar surface area (TPSA) is 78.1 Å². The first kappa shape index (κ1) is 11.9. The lowest BCUT2D eigenvalue weighted by atomic mass is 9.86. The van der Waals surface area contributed by atoms with Crippen molar-refractivity contribution in [3.8, 4) is 0 Å². The summed E-state index contributed by atoms with van der Waals surface area (Å²) in [7, 11) is 0. The van der Waals surface area contributed by atoms with Gasteiger partial charge in [-0.15, -0.1) is 0 Å². The normalized spacial score (nSPS) is 21.5. The molecule has 0 heterocycles. The first-order chi connectivity index (χ1) is 5.49. The maximum atomic E-state index is 5.78. The van der Waals surface area contributed by atoms with Gasteiger partial charge in [0.2, 0.25) is 0 Å². The van der Waals surface area contributed by atoms with Gasteiger partial charge in [-0.1, -0.05) is 13.8 Å². The van der Waals surface area contributed by atoms with Crippen LogP contribution in [0.5, 0.6) is 0 Å². The summed E-state index contributed by atoms with van der Waals surface area (Å²) in [6, 6.07) is 0.367. The molecule has 0 aliphatic carbocycles. The van der Waals surface area contributed by atoms with Crippen LogP contribution in [0.25, 0.3) is 0 Å². The minimum atomic E-state index is 0.126. The Morgan fingerprint density at radius 3 is 1.92 bits per heavy atom. The van der Waals surface area contributed by atoms with Gasteiger partial charge in [-0.05, 0) is 25.2 Å². The fourth-order valence-electron chi connectivity index (χ4n) is 1.31. The van der Waals surface area contributed by atoms with Crippen LogP contribution in [0.2, 0.25) is 0 Å². The molecule has 0 aromatic heterocycles. The van der Waals surface area contributed by atoms with Crippen LogP contribution in [0.4, 0.5) is 0 Å². The highest BCUT2D eigenvalue weighted by atomic mass is 14.7. The minimum absolute atomic E-state index is 0.126. The largest absolute Gasteiger partial charge is 0.329 e. The molecule has 0 bridgehead atoms. The zero-order chi connectivity index (χ0) is 9.72. The first-order valence-electron chi connectivity index (χ1n) is 4.70. The lowest BCUT2D eigenvalue weighted by molar-refractivity contribution is 0.303. The van der Waals surface area contributed by atoms with E-state index < -0.39 is 0 Å². The van der Waals surface area contributed by atoms with E-state index in [-0.39, 0.29) is 12.1 Å². The van der Waals surface area contributed by atoms with E-state index in [0.29, 0.717) is 18.4 Å². The lowest BCUT2D eigenvalue weighted by Gasteiger charge is -2.25. The Morgan fingerprint density at radius 2 is 1.58 bits per heavy atom. The summed E-state index contributed by atoms with van der Waals surface area (Å²) in [6.07, 6.45) is 0.971. The Hall–Kier alpha value is -0.120. The van der Waals surface area contributed by atoms with E-state index in [1.807, 2.05) is 6.92 Å². The van der Waals surface area contributed by atoms with E-state index in [1.165, 1.54) is 0 Å². The van der Waals surface area contributed by atoms with Crippen molar-refractivity contribution in [2.45, 2.75) is 39.3 Å². The van der Waals surface area contributed by atoms with Gasteiger partial charge < -0.3 is 17.2 Å². The van der Waals surface area contributed by atoms with Crippen molar-refractivity contribution < 1.29 is 0 Å². The smallest absolute Gasteiger partial charge is 0.0165 e. The molecule has 4 atom stereocenters. The predicted molar refractivity (Wildman–Crippen MR) is 53.6 cm³/mol. The molecule has 0 rings (SSSR count). The maximum absolute atomic E-state index is 5.78. The molecule has 0 radical (unpaired) electrons. The molecule has 0 fully saturated rings. The molecule has 0 aromatic rings. The Morgan fingerprint density at radius 1 is 1.08 bits per heavy atom. The summed E-state index contributed by atoms with van der Waals surface area (Å²) in [5.41, 5.74) is 17.0. The van der Waals surface area contributed by atoms with E-state index in [9.17, 15) is 0 Å². The van der Waals surface area contributed by atoms with Crippen molar-refractivity contribution in [1.82, 2.24) is 0 Å². The average Bonchev–Trinajstić information content (AvgIpc) is 2.02. The van der Waals surface area contributed by atoms with Crippen molar-refractivity contribution in [1.29, 1.82) is 0 Å². The third kappa shape index (κ3) is 4.04. The Labute approximate surface area is 75.7 Å². The molecule has 3 nitrogen and oxygen atoms in total. The number of rotatable bonds is 5. The second kappa shape index (κ2) is 5.51. The SMILES string of the molecule is CC(N)C(C)C(C)CC(N)CN. The fourth-order valence-corrected chi connectivity index (χ4v) is 1.31. The molecule has 0 aliphatic rings. The minimum Gasteiger partial charge on any atom is -0.329 e. The molecule has 0 saturated heterocycles. The number of nitrogens with two attached hydrogens (primary N) is 3. The van der Waals surface area contributed by atoms with Crippen molar-refractivity contribution in [2.75, 3.05) is 6.54 Å². The van der Waals surface area contributed by atoms with Crippen LogP contribution < -0.4 is 17.2 Å². The monoisotopic (exact) mass is 173 g/mol. The van der Waals surface area contributed by atoms with Gasteiger partial charge in [0.15, 0.2) is 0 Å². The van der Waals surface area contributed by atoms with Crippen LogP contribution in [-0.4, -0.2) is 18.6 Å². The third-order valence-corrected chi connectivity index (χ3v) is 2.70. The highest BCUT2D eigenvalue weighted by molar-refractivity contribution is 4.74. The average molecular weight is 173 g/mol. The van der Waals surface area contributed by atoms with Crippen LogP contribution in [0, 0.1) is 11.8 Å². The molecule has 6 N–H and O–H groups in total. The lowest BCUT2D eigenvalue weighted by Crippen LogP contribution is -2.36. The molecule has 0 amide bonds. The number of hydrogen-bond acceptors (Lipinski definition) is 3. The zero-order valence-electron chi connectivity index (χ0n) is 8.46. The van der Waals surface area contributed by atoms with E-state index in [0.717, 1.165) is 6.42 Å². The predicted octanol–water partition coefficient (Wildman–Crippen LogP) is 0.282. The Kier molecular flexibility index (Phi) is 5.46. The summed E-state index contributed by atoms with van der Waals surface area (Å²) in [5.74, 6) is 1.08. The fraction of sp³-hybridized carbons (Fsp3) is 1.00. The maximum Gasteiger partial charge on any atom is 0.0165 e. The van der Waals surface area contributed by atoms with E-state index >= 15 is 0 Å². The first-order valence-corrected chi connectivity index (χ1v) is 4.70. The van der Waals surface area contributed by atoms with Crippen molar-refractivity contribution >= 4 is 0 Å². The second-order valence-electron chi connectivity index (χ2n) is 3.93. The van der Waals surface area contributed by atoms with Crippen LogP contribution in [0.1, 0.15) is 27.2 Å². The zero-order valence-corrected chi connectivity index (χ0v) is 8.46. The van der Waals surface area contributed by atoms with Gasteiger partial charge in [0.05, 0.1) is 0 Å². The van der Waals surface area contributed by atoms with Gasteiger partial charge in [-0.3, -0.25) is 0 Å². The molecule has 12 heavy (non-hydrogen) atoms. The van der Waals surface area contributed by atoms with Crippen molar-refractivity contribution in [3.63, 3.8) is 0 Å². The molecule has 0 saturated carbocycles. The third-order valence-electron chi connectivity index (χ3n) is 2.70.